The van der Waals surface area contributed by atoms with E-state index in [1.165, 1.54) is 34.4 Å². The number of aryl methyl sites for hydroxylation is 4. The van der Waals surface area contributed by atoms with E-state index in [1.807, 2.05) is 36.4 Å². The Morgan fingerprint density at radius 3 is 1.40 bits per heavy atom. The third-order valence-corrected chi connectivity index (χ3v) is 11.7. The molecule has 10 aromatic rings. The standard InChI is InChI=1S/C54H38F3N3/c1-32-21-33(2)24-39(23-32)37-14-18-50-45(28-37)42-9-5-7-11-48(42)59(50)52-20-16-41(54(55,56)57)30-47(52)44-17-13-36(31-58)27-53(44)60-49-12-8-6-10-43(49)46-29-38(15-19-51(46)60)40-25-34(3)22-35(4)26-40/h5-30H,1-4H3. The molecule has 0 saturated carbocycles. The molecule has 0 fully saturated rings. The fourth-order valence-corrected chi connectivity index (χ4v) is 9.24. The molecule has 10 rings (SSSR count). The molecular formula is C54H38F3N3. The van der Waals surface area contributed by atoms with Crippen LogP contribution in [0.3, 0.4) is 0 Å². The first-order chi connectivity index (χ1) is 28.9. The minimum absolute atomic E-state index is 0.392. The lowest BCUT2D eigenvalue weighted by molar-refractivity contribution is -0.137. The van der Waals surface area contributed by atoms with Crippen LogP contribution in [0.1, 0.15) is 33.4 Å². The number of para-hydroxylation sites is 2. The average Bonchev–Trinajstić information content (AvgIpc) is 3.74. The summed E-state index contributed by atoms with van der Waals surface area (Å²) < 4.78 is 48.6. The van der Waals surface area contributed by atoms with Gasteiger partial charge in [-0.3, -0.25) is 0 Å². The van der Waals surface area contributed by atoms with Crippen molar-refractivity contribution in [3.05, 3.63) is 191 Å². The minimum Gasteiger partial charge on any atom is -0.309 e. The Kier molecular flexibility index (Phi) is 8.55. The van der Waals surface area contributed by atoms with E-state index >= 15 is 0 Å². The molecule has 6 heteroatoms. The number of fused-ring (bicyclic) bond motifs is 6. The Balaban J connectivity index is 1.26. The van der Waals surface area contributed by atoms with Crippen LogP contribution in [-0.2, 0) is 6.18 Å². The molecule has 0 unspecified atom stereocenters. The summed E-state index contributed by atoms with van der Waals surface area (Å²) in [4.78, 5) is 0. The summed E-state index contributed by atoms with van der Waals surface area (Å²) in [6, 6.07) is 53.5. The van der Waals surface area contributed by atoms with E-state index in [-0.39, 0.29) is 0 Å². The number of hydrogen-bond acceptors (Lipinski definition) is 1. The van der Waals surface area contributed by atoms with Crippen molar-refractivity contribution in [2.45, 2.75) is 33.9 Å². The number of halogens is 3. The first-order valence-electron chi connectivity index (χ1n) is 20.0. The quantitative estimate of drug-likeness (QED) is 0.171. The first-order valence-corrected chi connectivity index (χ1v) is 20.0. The van der Waals surface area contributed by atoms with Gasteiger partial charge in [-0.05, 0) is 117 Å². The number of nitrogens with zero attached hydrogens (tertiary/aromatic N) is 3. The number of aromatic nitrogens is 2. The molecule has 0 aliphatic carbocycles. The molecule has 0 aliphatic heterocycles. The highest BCUT2D eigenvalue weighted by Crippen LogP contribution is 2.44. The van der Waals surface area contributed by atoms with Crippen molar-refractivity contribution in [3.8, 4) is 50.8 Å². The zero-order valence-corrected chi connectivity index (χ0v) is 33.5. The molecule has 0 N–H and O–H groups in total. The van der Waals surface area contributed by atoms with E-state index in [2.05, 4.69) is 128 Å². The maximum absolute atomic E-state index is 14.8. The number of alkyl halides is 3. The third-order valence-electron chi connectivity index (χ3n) is 11.7. The van der Waals surface area contributed by atoms with E-state index in [9.17, 15) is 18.4 Å². The van der Waals surface area contributed by atoms with Gasteiger partial charge >= 0.3 is 6.18 Å². The smallest absolute Gasteiger partial charge is 0.309 e. The highest BCUT2D eigenvalue weighted by atomic mass is 19.4. The SMILES string of the molecule is Cc1cc(C)cc(-c2ccc3c(c2)c2ccccc2n3-c2ccc(C(F)(F)F)cc2-c2ccc(C#N)cc2-n2c3ccccc3c3cc(-c4cc(C)cc(C)c4)ccc32)c1. The third kappa shape index (κ3) is 6.13. The van der Waals surface area contributed by atoms with E-state index in [0.717, 1.165) is 65.9 Å². The molecule has 2 heterocycles. The summed E-state index contributed by atoms with van der Waals surface area (Å²) in [5.41, 5.74) is 14.3. The van der Waals surface area contributed by atoms with Gasteiger partial charge in [0.1, 0.15) is 0 Å². The summed E-state index contributed by atoms with van der Waals surface area (Å²) in [6.45, 7) is 8.37. The van der Waals surface area contributed by atoms with Crippen molar-refractivity contribution < 1.29 is 13.2 Å². The van der Waals surface area contributed by atoms with Gasteiger partial charge in [0.05, 0.1) is 50.6 Å². The highest BCUT2D eigenvalue weighted by Gasteiger charge is 2.32. The van der Waals surface area contributed by atoms with Crippen molar-refractivity contribution in [2.24, 2.45) is 0 Å². The van der Waals surface area contributed by atoms with Crippen LogP contribution in [0.15, 0.2) is 158 Å². The van der Waals surface area contributed by atoms with Gasteiger partial charge in [0.2, 0.25) is 0 Å². The molecule has 8 aromatic carbocycles. The molecule has 0 amide bonds. The second-order valence-corrected chi connectivity index (χ2v) is 16.0. The maximum atomic E-state index is 14.8. The second-order valence-electron chi connectivity index (χ2n) is 16.0. The van der Waals surface area contributed by atoms with E-state index < -0.39 is 11.7 Å². The van der Waals surface area contributed by atoms with Crippen LogP contribution in [0.5, 0.6) is 0 Å². The first kappa shape index (κ1) is 36.9. The Morgan fingerprint density at radius 2 is 0.900 bits per heavy atom. The largest absolute Gasteiger partial charge is 0.416 e. The van der Waals surface area contributed by atoms with Crippen LogP contribution >= 0.6 is 0 Å². The normalized spacial score (nSPS) is 11.9. The second kappa shape index (κ2) is 13.9. The predicted molar refractivity (Wildman–Crippen MR) is 240 cm³/mol. The number of nitriles is 1. The molecule has 0 saturated heterocycles. The monoisotopic (exact) mass is 785 g/mol. The van der Waals surface area contributed by atoms with Crippen LogP contribution in [-0.4, -0.2) is 9.13 Å². The maximum Gasteiger partial charge on any atom is 0.416 e. The number of hydrogen-bond donors (Lipinski definition) is 0. The molecule has 0 bridgehead atoms. The van der Waals surface area contributed by atoms with Crippen molar-refractivity contribution in [2.75, 3.05) is 0 Å². The van der Waals surface area contributed by atoms with Gasteiger partial charge in [0, 0.05) is 32.7 Å². The predicted octanol–water partition coefficient (Wildman–Crippen LogP) is 15.0. The Morgan fingerprint density at radius 1 is 0.417 bits per heavy atom. The lowest BCUT2D eigenvalue weighted by Crippen LogP contribution is -2.08. The molecule has 0 radical (unpaired) electrons. The molecule has 3 nitrogen and oxygen atoms in total. The summed E-state index contributed by atoms with van der Waals surface area (Å²) in [5, 5.41) is 14.3. The van der Waals surface area contributed by atoms with Crippen molar-refractivity contribution >= 4 is 43.6 Å². The molecule has 0 aliphatic rings. The molecular weight excluding hydrogens is 748 g/mol. The Hall–Kier alpha value is -7.36. The van der Waals surface area contributed by atoms with Crippen molar-refractivity contribution in [1.29, 1.82) is 5.26 Å². The van der Waals surface area contributed by atoms with Crippen LogP contribution in [0.4, 0.5) is 13.2 Å². The van der Waals surface area contributed by atoms with E-state index in [4.69, 9.17) is 0 Å². The summed E-state index contributed by atoms with van der Waals surface area (Å²) in [5.74, 6) is 0. The zero-order valence-electron chi connectivity index (χ0n) is 33.5. The summed E-state index contributed by atoms with van der Waals surface area (Å²) in [7, 11) is 0. The van der Waals surface area contributed by atoms with Gasteiger partial charge in [-0.2, -0.15) is 18.4 Å². The summed E-state index contributed by atoms with van der Waals surface area (Å²) in [6.07, 6.45) is -4.60. The van der Waals surface area contributed by atoms with E-state index in [1.54, 1.807) is 24.3 Å². The Labute approximate surface area is 345 Å². The van der Waals surface area contributed by atoms with Gasteiger partial charge in [-0.15, -0.1) is 0 Å². The number of benzene rings is 8. The van der Waals surface area contributed by atoms with Gasteiger partial charge in [-0.1, -0.05) is 113 Å². The van der Waals surface area contributed by atoms with Gasteiger partial charge in [0.15, 0.2) is 0 Å². The minimum atomic E-state index is -4.60. The van der Waals surface area contributed by atoms with Crippen LogP contribution < -0.4 is 0 Å². The fraction of sp³-hybridized carbons (Fsp3) is 0.0926. The topological polar surface area (TPSA) is 33.6 Å². The molecule has 0 atom stereocenters. The van der Waals surface area contributed by atoms with Crippen molar-refractivity contribution in [3.63, 3.8) is 0 Å². The molecule has 2 aromatic heterocycles. The van der Waals surface area contributed by atoms with Crippen LogP contribution in [0, 0.1) is 39.0 Å². The highest BCUT2D eigenvalue weighted by molar-refractivity contribution is 6.12. The average molecular weight is 786 g/mol. The van der Waals surface area contributed by atoms with Gasteiger partial charge in [-0.25, -0.2) is 0 Å². The van der Waals surface area contributed by atoms with Crippen LogP contribution in [0.25, 0.3) is 88.4 Å². The van der Waals surface area contributed by atoms with E-state index in [0.29, 0.717) is 28.1 Å². The fourth-order valence-electron chi connectivity index (χ4n) is 9.24. The lowest BCUT2D eigenvalue weighted by Gasteiger charge is -2.20. The van der Waals surface area contributed by atoms with Crippen LogP contribution in [0.2, 0.25) is 0 Å². The molecule has 0 spiro atoms. The van der Waals surface area contributed by atoms with Gasteiger partial charge in [0.25, 0.3) is 0 Å². The summed E-state index contributed by atoms with van der Waals surface area (Å²) >= 11 is 0. The lowest BCUT2D eigenvalue weighted by atomic mass is 9.96. The van der Waals surface area contributed by atoms with Gasteiger partial charge < -0.3 is 9.13 Å². The Bertz CT molecular complexity index is 3390. The van der Waals surface area contributed by atoms with Crippen molar-refractivity contribution in [1.82, 2.24) is 9.13 Å². The molecule has 60 heavy (non-hydrogen) atoms. The zero-order chi connectivity index (χ0) is 41.4. The number of rotatable bonds is 5. The molecule has 290 valence electrons.